The molecule has 1 unspecified atom stereocenters. The predicted molar refractivity (Wildman–Crippen MR) is 113 cm³/mol. The highest BCUT2D eigenvalue weighted by Crippen LogP contribution is 2.31. The van der Waals surface area contributed by atoms with E-state index in [1.807, 2.05) is 36.4 Å². The third-order valence-corrected chi connectivity index (χ3v) is 5.08. The van der Waals surface area contributed by atoms with Gasteiger partial charge in [-0.3, -0.25) is 4.98 Å². The lowest BCUT2D eigenvalue weighted by molar-refractivity contribution is 0.0295. The van der Waals surface area contributed by atoms with Crippen molar-refractivity contribution in [2.75, 3.05) is 32.2 Å². The Morgan fingerprint density at radius 1 is 1.10 bits per heavy atom. The van der Waals surface area contributed by atoms with E-state index in [0.29, 0.717) is 24.1 Å². The fourth-order valence-electron chi connectivity index (χ4n) is 3.51. The minimum absolute atomic E-state index is 0.106. The molecule has 2 aromatic heterocycles. The summed E-state index contributed by atoms with van der Waals surface area (Å²) in [5.74, 6) is 1.93. The highest BCUT2D eigenvalue weighted by atomic mass is 16.5. The van der Waals surface area contributed by atoms with Crippen molar-refractivity contribution in [1.82, 2.24) is 20.2 Å². The molecule has 3 aromatic rings. The van der Waals surface area contributed by atoms with Gasteiger partial charge in [0.1, 0.15) is 0 Å². The maximum Gasteiger partial charge on any atom is 0.245 e. The van der Waals surface area contributed by atoms with Crippen molar-refractivity contribution in [3.05, 3.63) is 54.5 Å². The van der Waals surface area contributed by atoms with E-state index in [2.05, 4.69) is 20.1 Å². The highest BCUT2D eigenvalue weighted by molar-refractivity contribution is 5.64. The van der Waals surface area contributed by atoms with Crippen molar-refractivity contribution < 1.29 is 14.2 Å². The lowest BCUT2D eigenvalue weighted by Crippen LogP contribution is -2.40. The zero-order valence-corrected chi connectivity index (χ0v) is 17.2. The summed E-state index contributed by atoms with van der Waals surface area (Å²) in [6.45, 7) is 2.11. The summed E-state index contributed by atoms with van der Waals surface area (Å²) >= 11 is 0. The molecule has 0 amide bonds. The van der Waals surface area contributed by atoms with E-state index in [1.165, 1.54) is 0 Å². The average molecular weight is 407 g/mol. The van der Waals surface area contributed by atoms with Gasteiger partial charge in [0.15, 0.2) is 11.5 Å². The molecule has 0 N–H and O–H groups in total. The molecule has 0 saturated carbocycles. The number of piperidine rings is 1. The minimum atomic E-state index is 0.106. The predicted octanol–water partition coefficient (Wildman–Crippen LogP) is 3.14. The van der Waals surface area contributed by atoms with Crippen LogP contribution in [0.15, 0.2) is 48.8 Å². The third kappa shape index (κ3) is 4.65. The summed E-state index contributed by atoms with van der Waals surface area (Å²) in [7, 11) is 3.23. The maximum atomic E-state index is 6.08. The van der Waals surface area contributed by atoms with Crippen LogP contribution in [-0.4, -0.2) is 53.6 Å². The molecule has 1 aliphatic rings. The van der Waals surface area contributed by atoms with Crippen LogP contribution in [0.3, 0.4) is 0 Å². The molecule has 1 atom stereocenters. The lowest BCUT2D eigenvalue weighted by atomic mass is 10.1. The number of ether oxygens (including phenoxy) is 3. The smallest absolute Gasteiger partial charge is 0.245 e. The highest BCUT2D eigenvalue weighted by Gasteiger charge is 2.23. The van der Waals surface area contributed by atoms with Crippen molar-refractivity contribution in [3.8, 4) is 22.8 Å². The molecule has 8 heteroatoms. The van der Waals surface area contributed by atoms with Crippen LogP contribution < -0.4 is 14.4 Å². The number of rotatable bonds is 7. The van der Waals surface area contributed by atoms with Gasteiger partial charge in [0.2, 0.25) is 5.95 Å². The van der Waals surface area contributed by atoms with Crippen LogP contribution in [-0.2, 0) is 11.3 Å². The fraction of sp³-hybridized carbons (Fsp3) is 0.364. The van der Waals surface area contributed by atoms with Gasteiger partial charge in [-0.15, -0.1) is 5.10 Å². The first kappa shape index (κ1) is 20.0. The topological polar surface area (TPSA) is 82.5 Å². The van der Waals surface area contributed by atoms with Gasteiger partial charge in [0.25, 0.3) is 0 Å². The van der Waals surface area contributed by atoms with Crippen LogP contribution in [0.25, 0.3) is 11.3 Å². The molecule has 0 spiro atoms. The number of nitrogens with zero attached hydrogens (tertiary/aromatic N) is 5. The van der Waals surface area contributed by atoms with Crippen molar-refractivity contribution in [2.24, 2.45) is 0 Å². The Bertz CT molecular complexity index is 970. The van der Waals surface area contributed by atoms with Gasteiger partial charge in [-0.25, -0.2) is 4.98 Å². The summed E-state index contributed by atoms with van der Waals surface area (Å²) in [5, 5.41) is 8.43. The molecule has 3 heterocycles. The standard InChI is InChI=1S/C22H25N5O3/c1-28-20-9-8-16(12-21(20)29-2)19-13-24-26-22(25-19)27-11-5-7-18(14-27)30-15-17-6-3-4-10-23-17/h3-4,6,8-10,12-13,18H,5,7,11,14-15H2,1-2H3. The Morgan fingerprint density at radius 2 is 2.00 bits per heavy atom. The zero-order chi connectivity index (χ0) is 20.8. The van der Waals surface area contributed by atoms with Gasteiger partial charge >= 0.3 is 0 Å². The Morgan fingerprint density at radius 3 is 2.80 bits per heavy atom. The van der Waals surface area contributed by atoms with Crippen LogP contribution in [0.5, 0.6) is 11.5 Å². The van der Waals surface area contributed by atoms with Crippen LogP contribution in [0.1, 0.15) is 18.5 Å². The van der Waals surface area contributed by atoms with Gasteiger partial charge < -0.3 is 19.1 Å². The number of hydrogen-bond donors (Lipinski definition) is 0. The molecule has 1 saturated heterocycles. The van der Waals surface area contributed by atoms with E-state index in [1.54, 1.807) is 26.6 Å². The summed E-state index contributed by atoms with van der Waals surface area (Å²) in [4.78, 5) is 11.2. The van der Waals surface area contributed by atoms with E-state index < -0.39 is 0 Å². The molecule has 30 heavy (non-hydrogen) atoms. The second kappa shape index (κ2) is 9.49. The Hall–Kier alpha value is -3.26. The average Bonchev–Trinajstić information content (AvgIpc) is 2.83. The third-order valence-electron chi connectivity index (χ3n) is 5.08. The van der Waals surface area contributed by atoms with E-state index in [4.69, 9.17) is 19.2 Å². The second-order valence-electron chi connectivity index (χ2n) is 7.05. The van der Waals surface area contributed by atoms with Crippen LogP contribution in [0.4, 0.5) is 5.95 Å². The SMILES string of the molecule is COc1ccc(-c2cnnc(N3CCCC(OCc4ccccn4)C3)n2)cc1OC. The van der Waals surface area contributed by atoms with Crippen molar-refractivity contribution >= 4 is 5.95 Å². The Labute approximate surface area is 175 Å². The number of hydrogen-bond acceptors (Lipinski definition) is 8. The fourth-order valence-corrected chi connectivity index (χ4v) is 3.51. The van der Waals surface area contributed by atoms with Gasteiger partial charge in [-0.2, -0.15) is 5.10 Å². The van der Waals surface area contributed by atoms with Gasteiger partial charge in [-0.1, -0.05) is 6.07 Å². The molecular weight excluding hydrogens is 382 g/mol. The molecule has 0 bridgehead atoms. The van der Waals surface area contributed by atoms with Gasteiger partial charge in [0, 0.05) is 24.8 Å². The van der Waals surface area contributed by atoms with Crippen LogP contribution in [0.2, 0.25) is 0 Å². The number of anilines is 1. The largest absolute Gasteiger partial charge is 0.493 e. The second-order valence-corrected chi connectivity index (χ2v) is 7.05. The van der Waals surface area contributed by atoms with E-state index in [0.717, 1.165) is 42.9 Å². The van der Waals surface area contributed by atoms with Gasteiger partial charge in [0.05, 0.1) is 44.5 Å². The first-order valence-electron chi connectivity index (χ1n) is 9.95. The maximum absolute atomic E-state index is 6.08. The van der Waals surface area contributed by atoms with Crippen LogP contribution in [0, 0.1) is 0 Å². The number of pyridine rings is 1. The molecule has 1 aliphatic heterocycles. The summed E-state index contributed by atoms with van der Waals surface area (Å²) < 4.78 is 16.8. The number of methoxy groups -OCH3 is 2. The molecule has 0 radical (unpaired) electrons. The number of aromatic nitrogens is 4. The van der Waals surface area contributed by atoms with E-state index in [-0.39, 0.29) is 6.10 Å². The molecule has 156 valence electrons. The summed E-state index contributed by atoms with van der Waals surface area (Å²) in [6.07, 6.45) is 5.56. The zero-order valence-electron chi connectivity index (χ0n) is 17.2. The Balaban J connectivity index is 1.46. The molecular formula is C22H25N5O3. The Kier molecular flexibility index (Phi) is 6.34. The lowest BCUT2D eigenvalue weighted by Gasteiger charge is -2.32. The normalized spacial score (nSPS) is 16.3. The van der Waals surface area contributed by atoms with Crippen molar-refractivity contribution in [1.29, 1.82) is 0 Å². The molecule has 4 rings (SSSR count). The van der Waals surface area contributed by atoms with Crippen LogP contribution >= 0.6 is 0 Å². The van der Waals surface area contributed by atoms with E-state index in [9.17, 15) is 0 Å². The van der Waals surface area contributed by atoms with E-state index >= 15 is 0 Å². The first-order chi connectivity index (χ1) is 14.8. The number of benzene rings is 1. The summed E-state index contributed by atoms with van der Waals surface area (Å²) in [6, 6.07) is 11.5. The first-order valence-corrected chi connectivity index (χ1v) is 9.95. The van der Waals surface area contributed by atoms with Gasteiger partial charge in [-0.05, 0) is 43.2 Å². The summed E-state index contributed by atoms with van der Waals surface area (Å²) in [5.41, 5.74) is 2.56. The molecule has 1 aromatic carbocycles. The molecule has 8 nitrogen and oxygen atoms in total. The quantitative estimate of drug-likeness (QED) is 0.591. The molecule has 0 aliphatic carbocycles. The monoisotopic (exact) mass is 407 g/mol. The van der Waals surface area contributed by atoms with Crippen molar-refractivity contribution in [2.45, 2.75) is 25.6 Å². The van der Waals surface area contributed by atoms with Crippen molar-refractivity contribution in [3.63, 3.8) is 0 Å². The molecule has 1 fully saturated rings. The minimum Gasteiger partial charge on any atom is -0.493 e.